The van der Waals surface area contributed by atoms with E-state index in [0.29, 0.717) is 11.1 Å². The van der Waals surface area contributed by atoms with Crippen LogP contribution in [0.5, 0.6) is 5.75 Å². The van der Waals surface area contributed by atoms with E-state index in [1.165, 1.54) is 0 Å². The fourth-order valence-electron chi connectivity index (χ4n) is 1.21. The minimum atomic E-state index is -4.44. The van der Waals surface area contributed by atoms with Crippen molar-refractivity contribution < 1.29 is 34.2 Å². The Kier molecular flexibility index (Phi) is 8.05. The maximum Gasteiger partial charge on any atom is 0.524 e. The van der Waals surface area contributed by atoms with Gasteiger partial charge in [0.15, 0.2) is 0 Å². The van der Waals surface area contributed by atoms with Gasteiger partial charge in [0.25, 0.3) is 0 Å². The Hall–Kier alpha value is -0.990. The average Bonchev–Trinajstić information content (AvgIpc) is 2.42. The first-order valence-electron chi connectivity index (χ1n) is 6.01. The highest BCUT2D eigenvalue weighted by Crippen LogP contribution is 2.40. The van der Waals surface area contributed by atoms with Crippen molar-refractivity contribution in [3.63, 3.8) is 0 Å². The molecular formula is C12H22NO7P. The predicted molar refractivity (Wildman–Crippen MR) is 76.8 cm³/mol. The van der Waals surface area contributed by atoms with Crippen molar-refractivity contribution in [3.8, 4) is 5.75 Å². The van der Waals surface area contributed by atoms with Crippen LogP contribution < -0.4 is 10.3 Å². The molecule has 0 aliphatic carbocycles. The van der Waals surface area contributed by atoms with E-state index in [1.807, 2.05) is 0 Å². The molecule has 0 saturated carbocycles. The largest absolute Gasteiger partial charge is 0.524 e. The third kappa shape index (κ3) is 7.54. The molecule has 21 heavy (non-hydrogen) atoms. The first-order chi connectivity index (χ1) is 9.58. The molecule has 9 heteroatoms. The van der Waals surface area contributed by atoms with Gasteiger partial charge in [-0.05, 0) is 25.0 Å². The van der Waals surface area contributed by atoms with Crippen molar-refractivity contribution in [2.24, 2.45) is 5.73 Å². The van der Waals surface area contributed by atoms with E-state index in [9.17, 15) is 4.57 Å². The van der Waals surface area contributed by atoms with Gasteiger partial charge in [-0.2, -0.15) is 0 Å². The third-order valence-corrected chi connectivity index (χ3v) is 2.98. The number of rotatable bonds is 5. The number of hydrogen-bond donors (Lipinski definition) is 6. The summed E-state index contributed by atoms with van der Waals surface area (Å²) in [5.41, 5.74) is 5.36. The van der Waals surface area contributed by atoms with E-state index in [1.54, 1.807) is 32.0 Å². The summed E-state index contributed by atoms with van der Waals surface area (Å²) in [6, 6.07) is 5.27. The van der Waals surface area contributed by atoms with Crippen molar-refractivity contribution in [2.45, 2.75) is 19.4 Å². The number of benzene rings is 1. The van der Waals surface area contributed by atoms with Gasteiger partial charge in [-0.15, -0.1) is 0 Å². The van der Waals surface area contributed by atoms with Crippen LogP contribution >= 0.6 is 7.82 Å². The summed E-state index contributed by atoms with van der Waals surface area (Å²) in [4.78, 5) is 17.2. The van der Waals surface area contributed by atoms with Crippen LogP contribution in [0.4, 0.5) is 0 Å². The Balaban J connectivity index is 0.000000433. The highest BCUT2D eigenvalue weighted by molar-refractivity contribution is 7.46. The number of aliphatic hydroxyl groups excluding tert-OH is 3. The van der Waals surface area contributed by atoms with Gasteiger partial charge in [-0.1, -0.05) is 18.2 Å². The molecule has 8 nitrogen and oxygen atoms in total. The van der Waals surface area contributed by atoms with Gasteiger partial charge in [0.1, 0.15) is 5.75 Å². The van der Waals surface area contributed by atoms with E-state index >= 15 is 0 Å². The second-order valence-corrected chi connectivity index (χ2v) is 5.80. The zero-order valence-electron chi connectivity index (χ0n) is 11.9. The standard InChI is InChI=1S/C8H11O4P.C4H11NO3/c1-6-4-3-5-7(2)8(6)12-13(9,10)11;5-4(1-6,2-7)3-8/h3-5H,1-2H3,(H2,9,10,11);6-8H,1-3,5H2. The van der Waals surface area contributed by atoms with Crippen molar-refractivity contribution in [2.75, 3.05) is 19.8 Å². The monoisotopic (exact) mass is 323 g/mol. The van der Waals surface area contributed by atoms with E-state index < -0.39 is 33.2 Å². The smallest absolute Gasteiger partial charge is 0.404 e. The number of phosphoric ester groups is 1. The van der Waals surface area contributed by atoms with Crippen LogP contribution in [0.3, 0.4) is 0 Å². The average molecular weight is 323 g/mol. The molecule has 0 aromatic heterocycles. The molecule has 0 atom stereocenters. The predicted octanol–water partition coefficient (Wildman–Crippen LogP) is -0.564. The van der Waals surface area contributed by atoms with Gasteiger partial charge in [0.05, 0.1) is 25.4 Å². The van der Waals surface area contributed by atoms with Crippen LogP contribution in [0.25, 0.3) is 0 Å². The van der Waals surface area contributed by atoms with E-state index in [4.69, 9.17) is 30.8 Å². The first kappa shape index (κ1) is 20.0. The van der Waals surface area contributed by atoms with E-state index in [-0.39, 0.29) is 5.75 Å². The maximum absolute atomic E-state index is 10.6. The Labute approximate surface area is 123 Å². The summed E-state index contributed by atoms with van der Waals surface area (Å²) >= 11 is 0. The number of aryl methyl sites for hydroxylation is 2. The summed E-state index contributed by atoms with van der Waals surface area (Å²) < 4.78 is 15.1. The molecule has 0 unspecified atom stereocenters. The fraction of sp³-hybridized carbons (Fsp3) is 0.500. The molecule has 0 saturated heterocycles. The van der Waals surface area contributed by atoms with Crippen molar-refractivity contribution in [3.05, 3.63) is 29.3 Å². The van der Waals surface area contributed by atoms with Crippen LogP contribution in [0.1, 0.15) is 11.1 Å². The summed E-state index contributed by atoms with van der Waals surface area (Å²) in [5.74, 6) is 0.260. The van der Waals surface area contributed by atoms with E-state index in [0.717, 1.165) is 0 Å². The van der Waals surface area contributed by atoms with Gasteiger partial charge in [-0.25, -0.2) is 4.57 Å². The lowest BCUT2D eigenvalue weighted by molar-refractivity contribution is 0.0697. The van der Waals surface area contributed by atoms with Gasteiger partial charge in [0.2, 0.25) is 0 Å². The van der Waals surface area contributed by atoms with Gasteiger partial charge in [0, 0.05) is 0 Å². The lowest BCUT2D eigenvalue weighted by Gasteiger charge is -2.20. The van der Waals surface area contributed by atoms with Crippen LogP contribution in [0, 0.1) is 13.8 Å². The second kappa shape index (κ2) is 8.45. The van der Waals surface area contributed by atoms with Gasteiger partial charge >= 0.3 is 7.82 Å². The summed E-state index contributed by atoms with van der Waals surface area (Å²) in [5, 5.41) is 25.0. The molecule has 0 fully saturated rings. The number of aliphatic hydroxyl groups is 3. The highest BCUT2D eigenvalue weighted by atomic mass is 31.2. The minimum absolute atomic E-state index is 0.260. The maximum atomic E-state index is 10.6. The van der Waals surface area contributed by atoms with E-state index in [2.05, 4.69) is 4.52 Å². The molecule has 0 spiro atoms. The summed E-state index contributed by atoms with van der Waals surface area (Å²) in [7, 11) is -4.44. The topological polar surface area (TPSA) is 153 Å². The molecule has 7 N–H and O–H groups in total. The summed E-state index contributed by atoms with van der Waals surface area (Å²) in [6.45, 7) is 2.26. The zero-order chi connectivity index (χ0) is 16.7. The SMILES string of the molecule is Cc1cccc(C)c1OP(=O)(O)O.NC(CO)(CO)CO. The quantitative estimate of drug-likeness (QED) is 0.394. The minimum Gasteiger partial charge on any atom is -0.404 e. The van der Waals surface area contributed by atoms with Crippen LogP contribution in [-0.2, 0) is 4.57 Å². The Morgan fingerprint density at radius 3 is 1.71 bits per heavy atom. The fourth-order valence-corrected chi connectivity index (χ4v) is 1.74. The molecule has 0 aliphatic heterocycles. The van der Waals surface area contributed by atoms with Crippen molar-refractivity contribution >= 4 is 7.82 Å². The number of nitrogens with two attached hydrogens (primary N) is 1. The van der Waals surface area contributed by atoms with Gasteiger partial charge in [-0.3, -0.25) is 9.79 Å². The third-order valence-electron chi connectivity index (χ3n) is 2.56. The van der Waals surface area contributed by atoms with Crippen molar-refractivity contribution in [1.29, 1.82) is 0 Å². The molecule has 1 aromatic carbocycles. The number of phosphoric acid groups is 1. The molecule has 0 radical (unpaired) electrons. The van der Waals surface area contributed by atoms with Gasteiger partial charge < -0.3 is 25.6 Å². The lowest BCUT2D eigenvalue weighted by atomic mass is 10.1. The normalized spacial score (nSPS) is 11.6. The molecule has 1 rings (SSSR count). The number of hydrogen-bond acceptors (Lipinski definition) is 6. The van der Waals surface area contributed by atoms with Crippen LogP contribution in [0.2, 0.25) is 0 Å². The lowest BCUT2D eigenvalue weighted by Crippen LogP contribution is -2.50. The highest BCUT2D eigenvalue weighted by Gasteiger charge is 2.20. The zero-order valence-corrected chi connectivity index (χ0v) is 12.8. The molecule has 0 amide bonds. The number of para-hydroxylation sites is 1. The summed E-state index contributed by atoms with van der Waals surface area (Å²) in [6.07, 6.45) is 0. The Morgan fingerprint density at radius 2 is 1.48 bits per heavy atom. The first-order valence-corrected chi connectivity index (χ1v) is 7.54. The molecule has 122 valence electrons. The second-order valence-electron chi connectivity index (χ2n) is 4.64. The Morgan fingerprint density at radius 1 is 1.10 bits per heavy atom. The Bertz CT molecular complexity index is 456. The van der Waals surface area contributed by atoms with Crippen LogP contribution in [0.15, 0.2) is 18.2 Å². The molecule has 0 bridgehead atoms. The molecular weight excluding hydrogens is 301 g/mol. The molecule has 0 aliphatic rings. The van der Waals surface area contributed by atoms with Crippen LogP contribution in [-0.4, -0.2) is 50.5 Å². The molecule has 0 heterocycles. The molecule has 1 aromatic rings. The van der Waals surface area contributed by atoms with Crippen molar-refractivity contribution in [1.82, 2.24) is 0 Å².